The van der Waals surface area contributed by atoms with Gasteiger partial charge in [-0.05, 0) is 19.3 Å². The van der Waals surface area contributed by atoms with Crippen molar-refractivity contribution in [1.82, 2.24) is 0 Å². The van der Waals surface area contributed by atoms with Gasteiger partial charge in [-0.3, -0.25) is 0 Å². The molecule has 1 aliphatic heterocycles. The van der Waals surface area contributed by atoms with Crippen molar-refractivity contribution in [3.63, 3.8) is 0 Å². The molecule has 14 heavy (non-hydrogen) atoms. The second-order valence-electron chi connectivity index (χ2n) is 4.19. The summed E-state index contributed by atoms with van der Waals surface area (Å²) in [5.41, 5.74) is -0.318. The Morgan fingerprint density at radius 1 is 1.50 bits per heavy atom. The normalized spacial score (nSPS) is 29.0. The van der Waals surface area contributed by atoms with E-state index in [-0.39, 0.29) is 17.8 Å². The van der Waals surface area contributed by atoms with Crippen LogP contribution < -0.4 is 0 Å². The van der Waals surface area contributed by atoms with Crippen LogP contribution in [-0.4, -0.2) is 45.4 Å². The van der Waals surface area contributed by atoms with Gasteiger partial charge in [-0.2, -0.15) is 0 Å². The molecule has 0 amide bonds. The van der Waals surface area contributed by atoms with Gasteiger partial charge < -0.3 is 9.84 Å². The zero-order chi connectivity index (χ0) is 10.7. The Kier molecular flexibility index (Phi) is 3.92. The van der Waals surface area contributed by atoms with E-state index >= 15 is 0 Å². The van der Waals surface area contributed by atoms with E-state index < -0.39 is 9.84 Å². The van der Waals surface area contributed by atoms with Gasteiger partial charge >= 0.3 is 0 Å². The summed E-state index contributed by atoms with van der Waals surface area (Å²) >= 11 is 0. The van der Waals surface area contributed by atoms with E-state index in [9.17, 15) is 13.5 Å². The number of hydrogen-bond acceptors (Lipinski definition) is 4. The summed E-state index contributed by atoms with van der Waals surface area (Å²) in [4.78, 5) is 0. The van der Waals surface area contributed by atoms with Gasteiger partial charge in [-0.1, -0.05) is 0 Å². The average molecular weight is 222 g/mol. The minimum atomic E-state index is -2.94. The lowest BCUT2D eigenvalue weighted by Gasteiger charge is -2.35. The van der Waals surface area contributed by atoms with Crippen LogP contribution in [0.15, 0.2) is 0 Å². The van der Waals surface area contributed by atoms with Gasteiger partial charge in [-0.25, -0.2) is 8.42 Å². The van der Waals surface area contributed by atoms with Gasteiger partial charge in [0.25, 0.3) is 0 Å². The zero-order valence-corrected chi connectivity index (χ0v) is 9.35. The fourth-order valence-corrected chi connectivity index (χ4v) is 2.52. The van der Waals surface area contributed by atoms with Crippen LogP contribution in [0.3, 0.4) is 0 Å². The smallest absolute Gasteiger partial charge is 0.147 e. The molecule has 1 saturated heterocycles. The Morgan fingerprint density at radius 3 is 2.64 bits per heavy atom. The maximum atomic E-state index is 11.0. The van der Waals surface area contributed by atoms with Gasteiger partial charge in [0.1, 0.15) is 9.84 Å². The number of aliphatic hydroxyl groups excluding tert-OH is 1. The van der Waals surface area contributed by atoms with Crippen molar-refractivity contribution < 1.29 is 18.3 Å². The molecule has 0 bridgehead atoms. The molecule has 1 rings (SSSR count). The summed E-state index contributed by atoms with van der Waals surface area (Å²) in [7, 11) is -2.94. The maximum absolute atomic E-state index is 11.0. The summed E-state index contributed by atoms with van der Waals surface area (Å²) < 4.78 is 27.3. The van der Waals surface area contributed by atoms with Crippen LogP contribution >= 0.6 is 0 Å². The summed E-state index contributed by atoms with van der Waals surface area (Å²) in [5, 5.41) is 9.26. The molecule has 1 atom stereocenters. The lowest BCUT2D eigenvalue weighted by atomic mass is 9.81. The highest BCUT2D eigenvalue weighted by molar-refractivity contribution is 7.90. The second kappa shape index (κ2) is 4.59. The molecular weight excluding hydrogens is 204 g/mol. The van der Waals surface area contributed by atoms with Crippen LogP contribution in [0.1, 0.15) is 19.3 Å². The molecule has 1 aliphatic rings. The summed E-state index contributed by atoms with van der Waals surface area (Å²) in [6, 6.07) is 0. The van der Waals surface area contributed by atoms with E-state index in [1.807, 2.05) is 0 Å². The highest BCUT2D eigenvalue weighted by Gasteiger charge is 2.32. The first-order chi connectivity index (χ1) is 6.47. The monoisotopic (exact) mass is 222 g/mol. The maximum Gasteiger partial charge on any atom is 0.147 e. The molecule has 0 aromatic carbocycles. The number of hydrogen-bond donors (Lipinski definition) is 1. The van der Waals surface area contributed by atoms with E-state index in [0.29, 0.717) is 13.0 Å². The number of sulfone groups is 1. The van der Waals surface area contributed by atoms with Crippen molar-refractivity contribution in [3.8, 4) is 0 Å². The lowest BCUT2D eigenvalue weighted by molar-refractivity contribution is -0.0396. The van der Waals surface area contributed by atoms with Crippen LogP contribution in [-0.2, 0) is 14.6 Å². The van der Waals surface area contributed by atoms with Crippen molar-refractivity contribution in [1.29, 1.82) is 0 Å². The van der Waals surface area contributed by atoms with Crippen LogP contribution in [0.5, 0.6) is 0 Å². The molecule has 1 heterocycles. The molecule has 1 unspecified atom stereocenters. The Balaban J connectivity index is 2.52. The number of rotatable bonds is 4. The topological polar surface area (TPSA) is 63.6 Å². The third-order valence-corrected chi connectivity index (χ3v) is 3.69. The zero-order valence-electron chi connectivity index (χ0n) is 8.53. The van der Waals surface area contributed by atoms with Crippen LogP contribution in [0, 0.1) is 5.41 Å². The van der Waals surface area contributed by atoms with E-state index in [1.165, 1.54) is 6.26 Å². The highest BCUT2D eigenvalue weighted by Crippen LogP contribution is 2.31. The Labute approximate surface area is 85.2 Å². The molecule has 1 fully saturated rings. The SMILES string of the molecule is CS(=O)(=O)CCC1(CO)CCCOC1. The molecule has 0 aromatic rings. The summed E-state index contributed by atoms with van der Waals surface area (Å²) in [6.45, 7) is 1.22. The molecular formula is C9H18O4S. The highest BCUT2D eigenvalue weighted by atomic mass is 32.2. The quantitative estimate of drug-likeness (QED) is 0.738. The fourth-order valence-electron chi connectivity index (χ4n) is 1.71. The summed E-state index contributed by atoms with van der Waals surface area (Å²) in [6.07, 6.45) is 3.49. The largest absolute Gasteiger partial charge is 0.396 e. The minimum Gasteiger partial charge on any atom is -0.396 e. The predicted octanol–water partition coefficient (Wildman–Crippen LogP) is 0.210. The Bertz CT molecular complexity index is 265. The molecule has 5 heteroatoms. The van der Waals surface area contributed by atoms with Crippen molar-refractivity contribution in [2.75, 3.05) is 31.8 Å². The van der Waals surface area contributed by atoms with E-state index in [4.69, 9.17) is 4.74 Å². The molecule has 0 spiro atoms. The van der Waals surface area contributed by atoms with Crippen molar-refractivity contribution >= 4 is 9.84 Å². The van der Waals surface area contributed by atoms with Crippen LogP contribution in [0.25, 0.3) is 0 Å². The fraction of sp³-hybridized carbons (Fsp3) is 1.00. The van der Waals surface area contributed by atoms with Gasteiger partial charge in [0.15, 0.2) is 0 Å². The van der Waals surface area contributed by atoms with Crippen molar-refractivity contribution in [2.24, 2.45) is 5.41 Å². The Hall–Kier alpha value is -0.130. The predicted molar refractivity (Wildman–Crippen MR) is 53.9 cm³/mol. The third kappa shape index (κ3) is 3.55. The second-order valence-corrected chi connectivity index (χ2v) is 6.45. The molecule has 0 saturated carbocycles. The van der Waals surface area contributed by atoms with Gasteiger partial charge in [-0.15, -0.1) is 0 Å². The minimum absolute atomic E-state index is 0.0164. The van der Waals surface area contributed by atoms with Gasteiger partial charge in [0, 0.05) is 18.3 Å². The summed E-state index contributed by atoms with van der Waals surface area (Å²) in [5.74, 6) is 0.136. The first kappa shape index (κ1) is 11.9. The lowest BCUT2D eigenvalue weighted by Crippen LogP contribution is -2.36. The Morgan fingerprint density at radius 2 is 2.21 bits per heavy atom. The molecule has 0 aliphatic carbocycles. The number of aliphatic hydroxyl groups is 1. The molecule has 0 radical (unpaired) electrons. The van der Waals surface area contributed by atoms with Gasteiger partial charge in [0.2, 0.25) is 0 Å². The first-order valence-corrected chi connectivity index (χ1v) is 6.90. The number of ether oxygens (including phenoxy) is 1. The van der Waals surface area contributed by atoms with E-state index in [2.05, 4.69) is 0 Å². The first-order valence-electron chi connectivity index (χ1n) is 4.84. The van der Waals surface area contributed by atoms with Crippen molar-refractivity contribution in [2.45, 2.75) is 19.3 Å². The van der Waals surface area contributed by atoms with Crippen LogP contribution in [0.4, 0.5) is 0 Å². The molecule has 84 valence electrons. The molecule has 4 nitrogen and oxygen atoms in total. The molecule has 1 N–H and O–H groups in total. The third-order valence-electron chi connectivity index (χ3n) is 2.74. The standard InChI is InChI=1S/C9H18O4S/c1-14(11,12)6-4-9(7-10)3-2-5-13-8-9/h10H,2-8H2,1H3. The van der Waals surface area contributed by atoms with Crippen molar-refractivity contribution in [3.05, 3.63) is 0 Å². The van der Waals surface area contributed by atoms with Gasteiger partial charge in [0.05, 0.1) is 19.0 Å². The average Bonchev–Trinajstić information content (AvgIpc) is 2.15. The van der Waals surface area contributed by atoms with E-state index in [0.717, 1.165) is 19.4 Å². The molecule has 0 aromatic heterocycles. The van der Waals surface area contributed by atoms with Crippen LogP contribution in [0.2, 0.25) is 0 Å². The van der Waals surface area contributed by atoms with E-state index in [1.54, 1.807) is 0 Å².